The number of aliphatic imine (C=N–C) groups is 1. The van der Waals surface area contributed by atoms with Crippen LogP contribution < -0.4 is 9.47 Å². The molecule has 4 rings (SSSR count). The van der Waals surface area contributed by atoms with Crippen LogP contribution in [0.4, 0.5) is 0 Å². The van der Waals surface area contributed by atoms with Crippen molar-refractivity contribution in [3.63, 3.8) is 0 Å². The van der Waals surface area contributed by atoms with Crippen molar-refractivity contribution >= 4 is 56.5 Å². The summed E-state index contributed by atoms with van der Waals surface area (Å²) >= 11 is 5.83. The lowest BCUT2D eigenvalue weighted by molar-refractivity contribution is -0.129. The number of aryl methyl sites for hydroxylation is 1. The molecule has 0 N–H and O–H groups in total. The molecule has 5 nitrogen and oxygen atoms in total. The van der Waals surface area contributed by atoms with Crippen molar-refractivity contribution in [1.29, 1.82) is 0 Å². The molecule has 3 aromatic carbocycles. The molecule has 1 aliphatic rings. The van der Waals surface area contributed by atoms with Gasteiger partial charge in [-0.15, -0.1) is 0 Å². The summed E-state index contributed by atoms with van der Waals surface area (Å²) in [5, 5.41) is 0. The maximum atomic E-state index is 12.3. The van der Waals surface area contributed by atoms with Crippen LogP contribution in [0.5, 0.6) is 11.5 Å². The van der Waals surface area contributed by atoms with Crippen molar-refractivity contribution in [2.75, 3.05) is 7.11 Å². The van der Waals surface area contributed by atoms with E-state index in [2.05, 4.69) is 49.6 Å². The first-order valence-corrected chi connectivity index (χ1v) is 11.6. The molecule has 1 aliphatic heterocycles. The van der Waals surface area contributed by atoms with E-state index in [9.17, 15) is 4.79 Å². The van der Waals surface area contributed by atoms with Crippen LogP contribution in [-0.2, 0) is 16.1 Å². The Morgan fingerprint density at radius 2 is 1.91 bits per heavy atom. The van der Waals surface area contributed by atoms with Gasteiger partial charge in [0.15, 0.2) is 17.2 Å². The third kappa shape index (κ3) is 5.21. The Morgan fingerprint density at radius 3 is 2.62 bits per heavy atom. The van der Waals surface area contributed by atoms with E-state index in [1.807, 2.05) is 55.5 Å². The molecule has 0 amide bonds. The topological polar surface area (TPSA) is 57.1 Å². The molecule has 0 bridgehead atoms. The molecule has 32 heavy (non-hydrogen) atoms. The fraction of sp³-hybridized carbons (Fsp3) is 0.120. The fourth-order valence-corrected chi connectivity index (χ4v) is 4.31. The van der Waals surface area contributed by atoms with E-state index < -0.39 is 5.97 Å². The zero-order valence-electron chi connectivity index (χ0n) is 17.4. The lowest BCUT2D eigenvalue weighted by Gasteiger charge is -2.14. The molecule has 0 spiro atoms. The van der Waals surface area contributed by atoms with E-state index in [4.69, 9.17) is 14.2 Å². The van der Waals surface area contributed by atoms with Gasteiger partial charge in [0.25, 0.3) is 0 Å². The number of hydrogen-bond acceptors (Lipinski definition) is 5. The number of benzene rings is 3. The monoisotopic (exact) mass is 603 g/mol. The molecular formula is C25H19BrINO4. The average Bonchev–Trinajstić information content (AvgIpc) is 3.13. The molecule has 7 heteroatoms. The van der Waals surface area contributed by atoms with Gasteiger partial charge in [-0.05, 0) is 99.0 Å². The van der Waals surface area contributed by atoms with E-state index in [0.717, 1.165) is 25.8 Å². The zero-order valence-corrected chi connectivity index (χ0v) is 21.1. The first kappa shape index (κ1) is 22.5. The summed E-state index contributed by atoms with van der Waals surface area (Å²) in [6.07, 6.45) is 1.67. The van der Waals surface area contributed by atoms with Crippen molar-refractivity contribution < 1.29 is 19.0 Å². The number of ether oxygens (including phenoxy) is 3. The van der Waals surface area contributed by atoms with Crippen molar-refractivity contribution in [3.8, 4) is 11.5 Å². The number of esters is 1. The molecule has 0 unspecified atom stereocenters. The Labute approximate surface area is 208 Å². The summed E-state index contributed by atoms with van der Waals surface area (Å²) in [5.41, 5.74) is 3.89. The van der Waals surface area contributed by atoms with Gasteiger partial charge in [-0.2, -0.15) is 0 Å². The largest absolute Gasteiger partial charge is 0.493 e. The number of cyclic esters (lactones) is 1. The van der Waals surface area contributed by atoms with E-state index in [1.54, 1.807) is 19.3 Å². The lowest BCUT2D eigenvalue weighted by atomic mass is 10.1. The highest BCUT2D eigenvalue weighted by Crippen LogP contribution is 2.38. The van der Waals surface area contributed by atoms with Gasteiger partial charge in [-0.3, -0.25) is 0 Å². The van der Waals surface area contributed by atoms with Crippen LogP contribution in [-0.4, -0.2) is 19.0 Å². The van der Waals surface area contributed by atoms with Crippen LogP contribution in [0.3, 0.4) is 0 Å². The molecule has 3 aromatic rings. The van der Waals surface area contributed by atoms with Crippen LogP contribution in [0.25, 0.3) is 6.08 Å². The standard InChI is InChI=1S/C25H19BrINO4/c1-15-6-8-18(9-7-15)24-28-21(25(29)32-24)12-17-11-20(26)23(22(13-17)30-2)31-14-16-4-3-5-19(27)10-16/h3-13H,14H2,1-2H3/b21-12-. The number of nitrogens with zero attached hydrogens (tertiary/aromatic N) is 1. The summed E-state index contributed by atoms with van der Waals surface area (Å²) in [6, 6.07) is 19.4. The molecular weight excluding hydrogens is 585 g/mol. The molecule has 0 fully saturated rings. The molecule has 162 valence electrons. The first-order chi connectivity index (χ1) is 15.4. The predicted octanol–water partition coefficient (Wildman–Crippen LogP) is 6.29. The molecule has 0 saturated carbocycles. The summed E-state index contributed by atoms with van der Waals surface area (Å²) in [7, 11) is 1.58. The summed E-state index contributed by atoms with van der Waals surface area (Å²) in [5.74, 6) is 0.941. The summed E-state index contributed by atoms with van der Waals surface area (Å²) < 4.78 is 18.8. The second-order valence-electron chi connectivity index (χ2n) is 7.15. The zero-order chi connectivity index (χ0) is 22.7. The fourth-order valence-electron chi connectivity index (χ4n) is 3.13. The molecule has 0 aromatic heterocycles. The van der Waals surface area contributed by atoms with Gasteiger partial charge in [0.2, 0.25) is 5.90 Å². The maximum absolute atomic E-state index is 12.3. The van der Waals surface area contributed by atoms with Gasteiger partial charge >= 0.3 is 5.97 Å². The van der Waals surface area contributed by atoms with Crippen molar-refractivity contribution in [1.82, 2.24) is 0 Å². The van der Waals surface area contributed by atoms with Gasteiger partial charge in [0.05, 0.1) is 11.6 Å². The van der Waals surface area contributed by atoms with Crippen molar-refractivity contribution in [2.24, 2.45) is 4.99 Å². The number of methoxy groups -OCH3 is 1. The highest BCUT2D eigenvalue weighted by molar-refractivity contribution is 14.1. The van der Waals surface area contributed by atoms with Crippen LogP contribution in [0.2, 0.25) is 0 Å². The van der Waals surface area contributed by atoms with Crippen molar-refractivity contribution in [3.05, 3.63) is 96.7 Å². The van der Waals surface area contributed by atoms with Gasteiger partial charge in [-0.1, -0.05) is 29.8 Å². The number of halogens is 2. The number of hydrogen-bond donors (Lipinski definition) is 0. The summed E-state index contributed by atoms with van der Waals surface area (Å²) in [4.78, 5) is 16.7. The van der Waals surface area contributed by atoms with Gasteiger partial charge < -0.3 is 14.2 Å². The number of rotatable bonds is 6. The molecule has 0 atom stereocenters. The van der Waals surface area contributed by atoms with Crippen LogP contribution in [0.1, 0.15) is 22.3 Å². The van der Waals surface area contributed by atoms with E-state index >= 15 is 0 Å². The lowest BCUT2D eigenvalue weighted by Crippen LogP contribution is -2.05. The highest BCUT2D eigenvalue weighted by atomic mass is 127. The van der Waals surface area contributed by atoms with Gasteiger partial charge in [0.1, 0.15) is 6.61 Å². The quantitative estimate of drug-likeness (QED) is 0.189. The average molecular weight is 604 g/mol. The summed E-state index contributed by atoms with van der Waals surface area (Å²) in [6.45, 7) is 2.40. The smallest absolute Gasteiger partial charge is 0.363 e. The second kappa shape index (κ2) is 9.87. The molecule has 0 aliphatic carbocycles. The SMILES string of the molecule is COc1cc(/C=C2\N=C(c3ccc(C)cc3)OC2=O)cc(Br)c1OCc1cccc(I)c1. The molecule has 0 radical (unpaired) electrons. The number of carbonyl (C=O) groups is 1. The Hall–Kier alpha value is -2.65. The Bertz CT molecular complexity index is 1240. The van der Waals surface area contributed by atoms with Gasteiger partial charge in [0, 0.05) is 9.13 Å². The van der Waals surface area contributed by atoms with E-state index in [1.165, 1.54) is 0 Å². The third-order valence-electron chi connectivity index (χ3n) is 4.75. The first-order valence-electron chi connectivity index (χ1n) is 9.77. The van der Waals surface area contributed by atoms with E-state index in [-0.39, 0.29) is 5.70 Å². The normalized spacial score (nSPS) is 14.3. The third-order valence-corrected chi connectivity index (χ3v) is 6.01. The minimum Gasteiger partial charge on any atom is -0.493 e. The predicted molar refractivity (Wildman–Crippen MR) is 136 cm³/mol. The Morgan fingerprint density at radius 1 is 1.12 bits per heavy atom. The van der Waals surface area contributed by atoms with Crippen LogP contribution in [0.15, 0.2) is 75.8 Å². The van der Waals surface area contributed by atoms with Crippen LogP contribution >= 0.6 is 38.5 Å². The van der Waals surface area contributed by atoms with Crippen LogP contribution in [0, 0.1) is 10.5 Å². The van der Waals surface area contributed by atoms with Gasteiger partial charge in [-0.25, -0.2) is 9.79 Å². The highest BCUT2D eigenvalue weighted by Gasteiger charge is 2.24. The Kier molecular flexibility index (Phi) is 6.95. The molecule has 0 saturated heterocycles. The second-order valence-corrected chi connectivity index (χ2v) is 9.25. The molecule has 1 heterocycles. The van der Waals surface area contributed by atoms with Crippen molar-refractivity contribution in [2.45, 2.75) is 13.5 Å². The minimum atomic E-state index is -0.491. The number of carbonyl (C=O) groups excluding carboxylic acids is 1. The Balaban J connectivity index is 1.59. The van der Waals surface area contributed by atoms with E-state index in [0.29, 0.717) is 28.5 Å². The maximum Gasteiger partial charge on any atom is 0.363 e. The minimum absolute atomic E-state index is 0.224.